The molecule has 2 aromatic carbocycles. The van der Waals surface area contributed by atoms with Crippen LogP contribution in [0, 0.1) is 24.0 Å². The lowest BCUT2D eigenvalue weighted by Crippen LogP contribution is -2.43. The van der Waals surface area contributed by atoms with Crippen LogP contribution in [0.25, 0.3) is 0 Å². The summed E-state index contributed by atoms with van der Waals surface area (Å²) >= 11 is 0. The van der Waals surface area contributed by atoms with Crippen molar-refractivity contribution >= 4 is 28.9 Å². The highest BCUT2D eigenvalue weighted by Gasteiger charge is 2.29. The summed E-state index contributed by atoms with van der Waals surface area (Å²) in [6.45, 7) is 3.36. The van der Waals surface area contributed by atoms with Crippen LogP contribution in [0.1, 0.15) is 11.1 Å². The number of nitro groups is 1. The predicted molar refractivity (Wildman–Crippen MR) is 95.5 cm³/mol. The molecule has 26 heavy (non-hydrogen) atoms. The summed E-state index contributed by atoms with van der Waals surface area (Å²) in [6, 6.07) is 9.58. The van der Waals surface area contributed by atoms with Gasteiger partial charge >= 0.3 is 0 Å². The quantitative estimate of drug-likeness (QED) is 0.671. The summed E-state index contributed by atoms with van der Waals surface area (Å²) < 4.78 is 5.29. The minimum absolute atomic E-state index is 0.179. The van der Waals surface area contributed by atoms with Crippen LogP contribution >= 0.6 is 0 Å². The number of fused-ring (bicyclic) bond motifs is 1. The molecular formula is C18H17N3O5. The first-order chi connectivity index (χ1) is 12.3. The SMILES string of the molecule is Cc1cc(C)cc(NC(=O)CN2C(=O)COc3ccc([N+](=O)[O-])cc32)c1. The van der Waals surface area contributed by atoms with Crippen LogP contribution in [-0.4, -0.2) is 29.9 Å². The molecule has 0 unspecified atom stereocenters. The summed E-state index contributed by atoms with van der Waals surface area (Å²) in [5.41, 5.74) is 2.67. The van der Waals surface area contributed by atoms with Crippen molar-refractivity contribution in [3.63, 3.8) is 0 Å². The molecule has 0 spiro atoms. The van der Waals surface area contributed by atoms with Gasteiger partial charge in [-0.05, 0) is 43.2 Å². The lowest BCUT2D eigenvalue weighted by molar-refractivity contribution is -0.384. The molecule has 2 amide bonds. The number of non-ortho nitro benzene ring substituents is 1. The van der Waals surface area contributed by atoms with Gasteiger partial charge in [0.25, 0.3) is 11.6 Å². The van der Waals surface area contributed by atoms with E-state index < -0.39 is 16.7 Å². The van der Waals surface area contributed by atoms with E-state index in [9.17, 15) is 19.7 Å². The lowest BCUT2D eigenvalue weighted by atomic mass is 10.1. The van der Waals surface area contributed by atoms with E-state index in [4.69, 9.17) is 4.74 Å². The second kappa shape index (κ2) is 6.83. The molecule has 8 nitrogen and oxygen atoms in total. The largest absolute Gasteiger partial charge is 0.482 e. The molecule has 134 valence electrons. The minimum atomic E-state index is -0.562. The Bertz CT molecular complexity index is 889. The molecule has 0 atom stereocenters. The molecule has 0 radical (unpaired) electrons. The maximum absolute atomic E-state index is 12.4. The topological polar surface area (TPSA) is 102 Å². The van der Waals surface area contributed by atoms with E-state index in [0.29, 0.717) is 11.4 Å². The third-order valence-corrected chi connectivity index (χ3v) is 3.90. The number of amides is 2. The maximum Gasteiger partial charge on any atom is 0.271 e. The molecule has 2 aromatic rings. The molecule has 0 saturated heterocycles. The van der Waals surface area contributed by atoms with Crippen LogP contribution in [0.3, 0.4) is 0 Å². The molecule has 0 bridgehead atoms. The molecular weight excluding hydrogens is 338 g/mol. The van der Waals surface area contributed by atoms with Crippen molar-refractivity contribution in [1.29, 1.82) is 0 Å². The number of rotatable bonds is 4. The van der Waals surface area contributed by atoms with Gasteiger partial charge in [-0.1, -0.05) is 6.07 Å². The van der Waals surface area contributed by atoms with E-state index in [0.717, 1.165) is 11.1 Å². The molecule has 8 heteroatoms. The summed E-state index contributed by atoms with van der Waals surface area (Å²) in [5, 5.41) is 13.7. The number of nitrogens with one attached hydrogen (secondary N) is 1. The van der Waals surface area contributed by atoms with Gasteiger partial charge in [-0.2, -0.15) is 0 Å². The first kappa shape index (κ1) is 17.4. The van der Waals surface area contributed by atoms with E-state index >= 15 is 0 Å². The predicted octanol–water partition coefficient (Wildman–Crippen LogP) is 2.58. The van der Waals surface area contributed by atoms with Gasteiger partial charge < -0.3 is 10.1 Å². The number of aryl methyl sites for hydroxylation is 2. The highest BCUT2D eigenvalue weighted by atomic mass is 16.6. The Kier molecular flexibility index (Phi) is 4.57. The fourth-order valence-corrected chi connectivity index (χ4v) is 2.87. The molecule has 1 aliphatic rings. The molecule has 0 aliphatic carbocycles. The fourth-order valence-electron chi connectivity index (χ4n) is 2.87. The van der Waals surface area contributed by atoms with Crippen molar-refractivity contribution in [2.75, 3.05) is 23.4 Å². The van der Waals surface area contributed by atoms with Crippen molar-refractivity contribution in [2.24, 2.45) is 0 Å². The zero-order valence-corrected chi connectivity index (χ0v) is 14.3. The van der Waals surface area contributed by atoms with E-state index in [1.165, 1.54) is 23.1 Å². The first-order valence-corrected chi connectivity index (χ1v) is 7.93. The Morgan fingerprint density at radius 2 is 1.92 bits per heavy atom. The third kappa shape index (κ3) is 3.64. The van der Waals surface area contributed by atoms with Gasteiger partial charge in [0.15, 0.2) is 6.61 Å². The molecule has 3 rings (SSSR count). The zero-order chi connectivity index (χ0) is 18.8. The third-order valence-electron chi connectivity index (χ3n) is 3.90. The number of hydrogen-bond donors (Lipinski definition) is 1. The monoisotopic (exact) mass is 355 g/mol. The van der Waals surface area contributed by atoms with Gasteiger partial charge in [-0.15, -0.1) is 0 Å². The Balaban J connectivity index is 1.83. The molecule has 0 aromatic heterocycles. The Hall–Kier alpha value is -3.42. The van der Waals surface area contributed by atoms with Gasteiger partial charge in [0.1, 0.15) is 12.3 Å². The number of nitrogens with zero attached hydrogens (tertiary/aromatic N) is 2. The Labute approximate surface area is 149 Å². The zero-order valence-electron chi connectivity index (χ0n) is 14.3. The molecule has 0 saturated carbocycles. The molecule has 1 aliphatic heterocycles. The fraction of sp³-hybridized carbons (Fsp3) is 0.222. The van der Waals surface area contributed by atoms with Crippen molar-refractivity contribution in [2.45, 2.75) is 13.8 Å². The van der Waals surface area contributed by atoms with Crippen molar-refractivity contribution < 1.29 is 19.2 Å². The normalized spacial score (nSPS) is 13.0. The minimum Gasteiger partial charge on any atom is -0.482 e. The van der Waals surface area contributed by atoms with E-state index in [-0.39, 0.29) is 24.5 Å². The highest BCUT2D eigenvalue weighted by molar-refractivity contribution is 6.05. The van der Waals surface area contributed by atoms with Crippen LogP contribution in [0.5, 0.6) is 5.75 Å². The van der Waals surface area contributed by atoms with Crippen LogP contribution in [0.4, 0.5) is 17.1 Å². The van der Waals surface area contributed by atoms with Gasteiger partial charge in [0, 0.05) is 17.8 Å². The van der Waals surface area contributed by atoms with Crippen LogP contribution in [0.2, 0.25) is 0 Å². The second-order valence-corrected chi connectivity index (χ2v) is 6.10. The van der Waals surface area contributed by atoms with Crippen molar-refractivity contribution in [3.05, 3.63) is 57.6 Å². The van der Waals surface area contributed by atoms with Gasteiger partial charge in [-0.25, -0.2) is 0 Å². The van der Waals surface area contributed by atoms with Gasteiger partial charge in [-0.3, -0.25) is 24.6 Å². The molecule has 0 fully saturated rings. The van der Waals surface area contributed by atoms with Gasteiger partial charge in [0.2, 0.25) is 5.91 Å². The van der Waals surface area contributed by atoms with Crippen LogP contribution < -0.4 is 15.0 Å². The molecule has 1 N–H and O–H groups in total. The summed E-state index contributed by atoms with van der Waals surface area (Å²) in [5.74, 6) is -0.509. The van der Waals surface area contributed by atoms with E-state index in [1.54, 1.807) is 0 Å². The van der Waals surface area contributed by atoms with Crippen molar-refractivity contribution in [1.82, 2.24) is 0 Å². The maximum atomic E-state index is 12.4. The number of hydrogen-bond acceptors (Lipinski definition) is 5. The Morgan fingerprint density at radius 1 is 1.23 bits per heavy atom. The Morgan fingerprint density at radius 3 is 2.58 bits per heavy atom. The number of carbonyl (C=O) groups excluding carboxylic acids is 2. The average molecular weight is 355 g/mol. The van der Waals surface area contributed by atoms with Gasteiger partial charge in [0.05, 0.1) is 10.6 Å². The average Bonchev–Trinajstić information content (AvgIpc) is 2.56. The summed E-state index contributed by atoms with van der Waals surface area (Å²) in [6.07, 6.45) is 0. The second-order valence-electron chi connectivity index (χ2n) is 6.10. The molecule has 1 heterocycles. The van der Waals surface area contributed by atoms with E-state index in [2.05, 4.69) is 5.32 Å². The number of ether oxygens (including phenoxy) is 1. The lowest BCUT2D eigenvalue weighted by Gasteiger charge is -2.28. The highest BCUT2D eigenvalue weighted by Crippen LogP contribution is 2.35. The van der Waals surface area contributed by atoms with Crippen LogP contribution in [0.15, 0.2) is 36.4 Å². The number of anilines is 2. The van der Waals surface area contributed by atoms with Crippen molar-refractivity contribution in [3.8, 4) is 5.75 Å². The first-order valence-electron chi connectivity index (χ1n) is 7.93. The summed E-state index contributed by atoms with van der Waals surface area (Å²) in [7, 11) is 0. The standard InChI is InChI=1S/C18H17N3O5/c1-11-5-12(2)7-13(6-11)19-17(22)9-20-15-8-14(21(24)25)3-4-16(15)26-10-18(20)23/h3-8H,9-10H2,1-2H3,(H,19,22). The smallest absolute Gasteiger partial charge is 0.271 e. The number of carbonyl (C=O) groups is 2. The van der Waals surface area contributed by atoms with E-state index in [1.807, 2.05) is 32.0 Å². The number of nitro benzene ring substituents is 1. The van der Waals surface area contributed by atoms with Crippen LogP contribution in [-0.2, 0) is 9.59 Å². The number of benzene rings is 2. The summed E-state index contributed by atoms with van der Waals surface area (Å²) in [4.78, 5) is 36.2.